The molecule has 0 aromatic heterocycles. The van der Waals surface area contributed by atoms with Crippen LogP contribution in [0.4, 0.5) is 5.69 Å². The van der Waals surface area contributed by atoms with Crippen LogP contribution in [-0.2, 0) is 15.8 Å². The van der Waals surface area contributed by atoms with Crippen molar-refractivity contribution in [2.24, 2.45) is 0 Å². The van der Waals surface area contributed by atoms with E-state index < -0.39 is 15.6 Å². The number of aliphatic hydroxyl groups is 1. The zero-order valence-electron chi connectivity index (χ0n) is 11.7. The summed E-state index contributed by atoms with van der Waals surface area (Å²) in [7, 11) is -1.91. The number of nitrogens with zero attached hydrogens (tertiary/aromatic N) is 1. The predicted molar refractivity (Wildman–Crippen MR) is 79.5 cm³/mol. The topological polar surface area (TPSA) is 83.6 Å². The van der Waals surface area contributed by atoms with Crippen molar-refractivity contribution in [3.63, 3.8) is 0 Å². The highest BCUT2D eigenvalue weighted by Gasteiger charge is 2.35. The molecule has 5 nitrogen and oxygen atoms in total. The highest BCUT2D eigenvalue weighted by atomic mass is 32.2. The van der Waals surface area contributed by atoms with Gasteiger partial charge in [0.25, 0.3) is 0 Å². The first-order valence-corrected chi connectivity index (χ1v) is 8.43. The molecule has 1 fully saturated rings. The number of likely N-dealkylation sites (N-methyl/N-ethyl adjacent to an activating group) is 1. The Labute approximate surface area is 120 Å². The summed E-state index contributed by atoms with van der Waals surface area (Å²) in [5.74, 6) is -0.0926. The third-order valence-corrected chi connectivity index (χ3v) is 5.60. The maximum Gasteiger partial charge on any atom is 0.218 e. The molecule has 0 aliphatic heterocycles. The van der Waals surface area contributed by atoms with Crippen molar-refractivity contribution in [1.82, 2.24) is 4.31 Å². The first kappa shape index (κ1) is 15.3. The van der Waals surface area contributed by atoms with Gasteiger partial charge in [-0.2, -0.15) is 0 Å². The number of nitrogen functional groups attached to an aromatic ring is 1. The van der Waals surface area contributed by atoms with Crippen LogP contribution in [0, 0.1) is 0 Å². The Morgan fingerprint density at radius 1 is 1.35 bits per heavy atom. The average Bonchev–Trinajstić information content (AvgIpc) is 2.75. The number of hydrogen-bond acceptors (Lipinski definition) is 4. The van der Waals surface area contributed by atoms with E-state index in [-0.39, 0.29) is 12.3 Å². The molecule has 0 atom stereocenters. The molecule has 0 amide bonds. The SMILES string of the molecule is CN(CC1(O)CCCC1)S(=O)(=O)Cc1cccc(N)c1. The Bertz CT molecular complexity index is 566. The van der Waals surface area contributed by atoms with Gasteiger partial charge in [-0.05, 0) is 30.5 Å². The van der Waals surface area contributed by atoms with Gasteiger partial charge in [-0.25, -0.2) is 12.7 Å². The Hall–Kier alpha value is -1.11. The van der Waals surface area contributed by atoms with Crippen LogP contribution in [0.25, 0.3) is 0 Å². The molecule has 20 heavy (non-hydrogen) atoms. The third kappa shape index (κ3) is 3.71. The van der Waals surface area contributed by atoms with Crippen molar-refractivity contribution in [3.8, 4) is 0 Å². The van der Waals surface area contributed by atoms with Gasteiger partial charge in [0, 0.05) is 19.3 Å². The second-order valence-corrected chi connectivity index (χ2v) is 7.76. The van der Waals surface area contributed by atoms with Crippen LogP contribution in [0.1, 0.15) is 31.2 Å². The average molecular weight is 298 g/mol. The normalized spacial score (nSPS) is 18.6. The minimum Gasteiger partial charge on any atom is -0.399 e. The summed E-state index contributed by atoms with van der Waals surface area (Å²) in [6.07, 6.45) is 3.26. The first-order valence-electron chi connectivity index (χ1n) is 6.82. The van der Waals surface area contributed by atoms with Crippen molar-refractivity contribution in [2.45, 2.75) is 37.0 Å². The van der Waals surface area contributed by atoms with Crippen LogP contribution >= 0.6 is 0 Å². The lowest BCUT2D eigenvalue weighted by atomic mass is 10.0. The fourth-order valence-corrected chi connectivity index (χ4v) is 3.97. The molecule has 0 bridgehead atoms. The maximum atomic E-state index is 12.3. The van der Waals surface area contributed by atoms with Crippen molar-refractivity contribution < 1.29 is 13.5 Å². The van der Waals surface area contributed by atoms with Crippen molar-refractivity contribution in [3.05, 3.63) is 29.8 Å². The standard InChI is InChI=1S/C14H22N2O3S/c1-16(11-14(17)7-2-3-8-14)20(18,19)10-12-5-4-6-13(15)9-12/h4-6,9,17H,2-3,7-8,10-11,15H2,1H3. The van der Waals surface area contributed by atoms with Crippen LogP contribution in [0.15, 0.2) is 24.3 Å². The van der Waals surface area contributed by atoms with E-state index >= 15 is 0 Å². The van der Waals surface area contributed by atoms with Gasteiger partial charge in [-0.3, -0.25) is 0 Å². The van der Waals surface area contributed by atoms with Gasteiger partial charge in [0.1, 0.15) is 0 Å². The van der Waals surface area contributed by atoms with Crippen molar-refractivity contribution in [1.29, 1.82) is 0 Å². The fourth-order valence-electron chi connectivity index (χ4n) is 2.71. The molecule has 0 spiro atoms. The minimum atomic E-state index is -3.44. The molecule has 1 aliphatic carbocycles. The molecule has 3 N–H and O–H groups in total. The molecule has 1 aromatic carbocycles. The lowest BCUT2D eigenvalue weighted by Crippen LogP contribution is -2.42. The number of anilines is 1. The zero-order valence-corrected chi connectivity index (χ0v) is 12.6. The van der Waals surface area contributed by atoms with E-state index in [1.54, 1.807) is 24.3 Å². The fraction of sp³-hybridized carbons (Fsp3) is 0.571. The predicted octanol–water partition coefficient (Wildman–Crippen LogP) is 1.34. The van der Waals surface area contributed by atoms with E-state index in [1.807, 2.05) is 0 Å². The van der Waals surface area contributed by atoms with Crippen molar-refractivity contribution >= 4 is 15.7 Å². The molecular formula is C14H22N2O3S. The smallest absolute Gasteiger partial charge is 0.218 e. The molecule has 0 unspecified atom stereocenters. The lowest BCUT2D eigenvalue weighted by molar-refractivity contribution is 0.0333. The molecule has 2 rings (SSSR count). The summed E-state index contributed by atoms with van der Waals surface area (Å²) >= 11 is 0. The van der Waals surface area contributed by atoms with Gasteiger partial charge in [0.15, 0.2) is 0 Å². The summed E-state index contributed by atoms with van der Waals surface area (Å²) in [4.78, 5) is 0. The van der Waals surface area contributed by atoms with Crippen LogP contribution in [0.5, 0.6) is 0 Å². The monoisotopic (exact) mass is 298 g/mol. The van der Waals surface area contributed by atoms with Crippen LogP contribution in [0.2, 0.25) is 0 Å². The number of benzene rings is 1. The molecule has 112 valence electrons. The summed E-state index contributed by atoms with van der Waals surface area (Å²) in [6.45, 7) is 0.164. The second kappa shape index (κ2) is 5.71. The largest absolute Gasteiger partial charge is 0.399 e. The van der Waals surface area contributed by atoms with Gasteiger partial charge in [-0.15, -0.1) is 0 Å². The summed E-state index contributed by atoms with van der Waals surface area (Å²) in [5.41, 5.74) is 6.01. The Balaban J connectivity index is 2.06. The second-order valence-electron chi connectivity index (χ2n) is 5.69. The number of rotatable bonds is 5. The quantitative estimate of drug-likeness (QED) is 0.803. The Morgan fingerprint density at radius 3 is 2.60 bits per heavy atom. The summed E-state index contributed by atoms with van der Waals surface area (Å²) in [5, 5.41) is 10.3. The molecule has 6 heteroatoms. The first-order chi connectivity index (χ1) is 9.31. The molecule has 0 radical (unpaired) electrons. The summed E-state index contributed by atoms with van der Waals surface area (Å²) in [6, 6.07) is 6.87. The molecule has 1 aromatic rings. The van der Waals surface area contributed by atoms with E-state index in [2.05, 4.69) is 0 Å². The minimum absolute atomic E-state index is 0.0926. The Kier molecular flexibility index (Phi) is 4.36. The van der Waals surface area contributed by atoms with Gasteiger partial charge in [0.2, 0.25) is 10.0 Å². The lowest BCUT2D eigenvalue weighted by Gasteiger charge is -2.28. The number of hydrogen-bond donors (Lipinski definition) is 2. The molecular weight excluding hydrogens is 276 g/mol. The third-order valence-electron chi connectivity index (χ3n) is 3.83. The molecule has 1 aliphatic rings. The molecule has 1 saturated carbocycles. The van der Waals surface area contributed by atoms with E-state index in [0.29, 0.717) is 24.1 Å². The van der Waals surface area contributed by atoms with Crippen LogP contribution in [0.3, 0.4) is 0 Å². The van der Waals surface area contributed by atoms with Gasteiger partial charge >= 0.3 is 0 Å². The van der Waals surface area contributed by atoms with Gasteiger partial charge in [-0.1, -0.05) is 25.0 Å². The summed E-state index contributed by atoms with van der Waals surface area (Å²) < 4.78 is 25.9. The van der Waals surface area contributed by atoms with Crippen LogP contribution < -0.4 is 5.73 Å². The van der Waals surface area contributed by atoms with E-state index in [4.69, 9.17) is 5.73 Å². The van der Waals surface area contributed by atoms with Gasteiger partial charge in [0.05, 0.1) is 11.4 Å². The van der Waals surface area contributed by atoms with Crippen LogP contribution in [-0.4, -0.2) is 37.0 Å². The number of sulfonamides is 1. The Morgan fingerprint density at radius 2 is 2.00 bits per heavy atom. The van der Waals surface area contributed by atoms with E-state index in [9.17, 15) is 13.5 Å². The maximum absolute atomic E-state index is 12.3. The molecule has 0 heterocycles. The zero-order chi connectivity index (χ0) is 14.8. The molecule has 0 saturated heterocycles. The van der Waals surface area contributed by atoms with E-state index in [1.165, 1.54) is 11.4 Å². The van der Waals surface area contributed by atoms with Crippen molar-refractivity contribution in [2.75, 3.05) is 19.3 Å². The highest BCUT2D eigenvalue weighted by Crippen LogP contribution is 2.30. The number of nitrogens with two attached hydrogens (primary N) is 1. The highest BCUT2D eigenvalue weighted by molar-refractivity contribution is 7.88. The van der Waals surface area contributed by atoms with E-state index in [0.717, 1.165) is 12.8 Å². The van der Waals surface area contributed by atoms with Gasteiger partial charge < -0.3 is 10.8 Å².